The molecular weight excluding hydrogens is 370 g/mol. The maximum atomic E-state index is 12.6. The largest absolute Gasteiger partial charge is 0.484 e. The average molecular weight is 391 g/mol. The van der Waals surface area contributed by atoms with Crippen molar-refractivity contribution in [1.29, 1.82) is 0 Å². The molecule has 0 radical (unpaired) electrons. The summed E-state index contributed by atoms with van der Waals surface area (Å²) in [6, 6.07) is 17.4. The second kappa shape index (κ2) is 8.31. The van der Waals surface area contributed by atoms with E-state index in [1.807, 2.05) is 30.3 Å². The number of amides is 1. The highest BCUT2D eigenvalue weighted by atomic mass is 16.5. The topological polar surface area (TPSA) is 76.8 Å². The van der Waals surface area contributed by atoms with Crippen molar-refractivity contribution in [2.24, 2.45) is 5.92 Å². The van der Waals surface area contributed by atoms with Crippen LogP contribution in [0, 0.1) is 5.92 Å². The summed E-state index contributed by atoms with van der Waals surface area (Å²) in [4.78, 5) is 38.1. The molecule has 1 fully saturated rings. The van der Waals surface area contributed by atoms with Crippen LogP contribution >= 0.6 is 0 Å². The van der Waals surface area contributed by atoms with Crippen LogP contribution in [0.3, 0.4) is 0 Å². The number of carbonyl (C=O) groups excluding carboxylic acids is 2. The number of rotatable bonds is 5. The summed E-state index contributed by atoms with van der Waals surface area (Å²) in [7, 11) is 0. The molecule has 0 spiro atoms. The quantitative estimate of drug-likeness (QED) is 0.493. The standard InChI is InChI=1S/C23H21NO5/c25-21(15-28-19-8-6-16-7-9-22(26)29-20(16)14-19)24-12-10-18(11-13-24)23(27)17-4-2-1-3-5-17/h1-9,14,18H,10-13,15H2. The van der Waals surface area contributed by atoms with Crippen LogP contribution in [0.1, 0.15) is 23.2 Å². The van der Waals surface area contributed by atoms with Crippen LogP contribution in [0.25, 0.3) is 11.0 Å². The van der Waals surface area contributed by atoms with E-state index in [4.69, 9.17) is 9.15 Å². The van der Waals surface area contributed by atoms with Gasteiger partial charge < -0.3 is 14.1 Å². The number of piperidine rings is 1. The van der Waals surface area contributed by atoms with E-state index in [-0.39, 0.29) is 24.2 Å². The number of nitrogens with zero attached hydrogens (tertiary/aromatic N) is 1. The van der Waals surface area contributed by atoms with Crippen molar-refractivity contribution in [3.8, 4) is 5.75 Å². The molecule has 0 aliphatic carbocycles. The van der Waals surface area contributed by atoms with Gasteiger partial charge in [0.15, 0.2) is 12.4 Å². The lowest BCUT2D eigenvalue weighted by atomic mass is 9.89. The van der Waals surface area contributed by atoms with Gasteiger partial charge in [-0.15, -0.1) is 0 Å². The molecule has 3 aromatic rings. The van der Waals surface area contributed by atoms with Gasteiger partial charge in [0.2, 0.25) is 0 Å². The van der Waals surface area contributed by atoms with Crippen LogP contribution in [-0.2, 0) is 4.79 Å². The van der Waals surface area contributed by atoms with Crippen molar-refractivity contribution in [2.45, 2.75) is 12.8 Å². The van der Waals surface area contributed by atoms with Crippen LogP contribution in [-0.4, -0.2) is 36.3 Å². The highest BCUT2D eigenvalue weighted by Gasteiger charge is 2.28. The first kappa shape index (κ1) is 18.9. The molecule has 1 saturated heterocycles. The number of benzene rings is 2. The van der Waals surface area contributed by atoms with Gasteiger partial charge in [-0.25, -0.2) is 4.79 Å². The Bertz CT molecular complexity index is 1080. The third-order valence-corrected chi connectivity index (χ3v) is 5.23. The predicted molar refractivity (Wildman–Crippen MR) is 108 cm³/mol. The minimum atomic E-state index is -0.432. The van der Waals surface area contributed by atoms with Gasteiger partial charge in [-0.2, -0.15) is 0 Å². The third-order valence-electron chi connectivity index (χ3n) is 5.23. The molecule has 0 N–H and O–H groups in total. The number of carbonyl (C=O) groups is 2. The highest BCUT2D eigenvalue weighted by molar-refractivity contribution is 5.98. The summed E-state index contributed by atoms with van der Waals surface area (Å²) in [6.45, 7) is 0.982. The fraction of sp³-hybridized carbons (Fsp3) is 0.261. The Labute approximate surface area is 167 Å². The number of ether oxygens (including phenoxy) is 1. The monoisotopic (exact) mass is 391 g/mol. The molecule has 2 heterocycles. The van der Waals surface area contributed by atoms with Gasteiger partial charge in [0.25, 0.3) is 5.91 Å². The van der Waals surface area contributed by atoms with E-state index < -0.39 is 5.63 Å². The van der Waals surface area contributed by atoms with Crippen LogP contribution in [0.15, 0.2) is 69.9 Å². The number of hydrogen-bond donors (Lipinski definition) is 0. The zero-order valence-electron chi connectivity index (χ0n) is 15.9. The molecular formula is C23H21NO5. The second-order valence-electron chi connectivity index (χ2n) is 7.13. The smallest absolute Gasteiger partial charge is 0.336 e. The molecule has 148 valence electrons. The molecule has 0 saturated carbocycles. The first-order chi connectivity index (χ1) is 14.1. The Kier molecular flexibility index (Phi) is 5.42. The number of likely N-dealkylation sites (tertiary alicyclic amines) is 1. The Morgan fingerprint density at radius 3 is 2.48 bits per heavy atom. The fourth-order valence-corrected chi connectivity index (χ4v) is 3.60. The van der Waals surface area contributed by atoms with Crippen LogP contribution < -0.4 is 10.4 Å². The van der Waals surface area contributed by atoms with Crippen LogP contribution in [0.4, 0.5) is 0 Å². The molecule has 1 aliphatic heterocycles. The molecule has 0 atom stereocenters. The van der Waals surface area contributed by atoms with Crippen molar-refractivity contribution in [1.82, 2.24) is 4.90 Å². The van der Waals surface area contributed by atoms with Crippen LogP contribution in [0.5, 0.6) is 5.75 Å². The Hall–Kier alpha value is -3.41. The van der Waals surface area contributed by atoms with Crippen molar-refractivity contribution < 1.29 is 18.7 Å². The minimum absolute atomic E-state index is 0.0502. The van der Waals surface area contributed by atoms with Gasteiger partial charge in [0.05, 0.1) is 0 Å². The molecule has 1 aliphatic rings. The Morgan fingerprint density at radius 2 is 1.72 bits per heavy atom. The maximum Gasteiger partial charge on any atom is 0.336 e. The average Bonchev–Trinajstić information content (AvgIpc) is 2.77. The minimum Gasteiger partial charge on any atom is -0.484 e. The molecule has 1 amide bonds. The highest BCUT2D eigenvalue weighted by Crippen LogP contribution is 2.23. The van der Waals surface area contributed by atoms with E-state index >= 15 is 0 Å². The van der Waals surface area contributed by atoms with Crippen LogP contribution in [0.2, 0.25) is 0 Å². The second-order valence-corrected chi connectivity index (χ2v) is 7.13. The number of Topliss-reactive ketones (excluding diaryl/α,β-unsaturated/α-hetero) is 1. The van der Waals surface area contributed by atoms with E-state index in [0.717, 1.165) is 10.9 Å². The van der Waals surface area contributed by atoms with E-state index in [9.17, 15) is 14.4 Å². The summed E-state index contributed by atoms with van der Waals surface area (Å²) < 4.78 is 10.7. The molecule has 0 bridgehead atoms. The van der Waals surface area contributed by atoms with Crippen molar-refractivity contribution >= 4 is 22.7 Å². The fourth-order valence-electron chi connectivity index (χ4n) is 3.60. The van der Waals surface area contributed by atoms with Gasteiger partial charge in [-0.05, 0) is 31.0 Å². The first-order valence-electron chi connectivity index (χ1n) is 9.64. The normalized spacial score (nSPS) is 14.7. The Morgan fingerprint density at radius 1 is 1.00 bits per heavy atom. The van der Waals surface area contributed by atoms with Gasteiger partial charge in [-0.3, -0.25) is 9.59 Å². The number of ketones is 1. The molecule has 1 aromatic heterocycles. The van der Waals surface area contributed by atoms with E-state index in [1.54, 1.807) is 29.2 Å². The van der Waals surface area contributed by atoms with Gasteiger partial charge in [0.1, 0.15) is 11.3 Å². The van der Waals surface area contributed by atoms with Gasteiger partial charge in [0, 0.05) is 42.1 Å². The molecule has 2 aromatic carbocycles. The zero-order valence-corrected chi connectivity index (χ0v) is 15.9. The maximum absolute atomic E-state index is 12.6. The molecule has 6 heteroatoms. The molecule has 29 heavy (non-hydrogen) atoms. The van der Waals surface area contributed by atoms with Crippen molar-refractivity contribution in [3.63, 3.8) is 0 Å². The summed E-state index contributed by atoms with van der Waals surface area (Å²) in [5.74, 6) is 0.442. The summed E-state index contributed by atoms with van der Waals surface area (Å²) in [5.41, 5.74) is 0.713. The van der Waals surface area contributed by atoms with E-state index in [0.29, 0.717) is 37.3 Å². The molecule has 6 nitrogen and oxygen atoms in total. The first-order valence-corrected chi connectivity index (χ1v) is 9.64. The zero-order chi connectivity index (χ0) is 20.2. The lowest BCUT2D eigenvalue weighted by molar-refractivity contribution is -0.134. The van der Waals surface area contributed by atoms with E-state index in [2.05, 4.69) is 0 Å². The number of fused-ring (bicyclic) bond motifs is 1. The van der Waals surface area contributed by atoms with Crippen molar-refractivity contribution in [3.05, 3.63) is 76.6 Å². The summed E-state index contributed by atoms with van der Waals surface area (Å²) in [5, 5.41) is 0.786. The Balaban J connectivity index is 1.31. The van der Waals surface area contributed by atoms with Gasteiger partial charge in [-0.1, -0.05) is 30.3 Å². The lowest BCUT2D eigenvalue weighted by Gasteiger charge is -2.31. The van der Waals surface area contributed by atoms with Crippen molar-refractivity contribution in [2.75, 3.05) is 19.7 Å². The van der Waals surface area contributed by atoms with Gasteiger partial charge >= 0.3 is 5.63 Å². The third kappa shape index (κ3) is 4.37. The molecule has 4 rings (SSSR count). The molecule has 0 unspecified atom stereocenters. The summed E-state index contributed by atoms with van der Waals surface area (Å²) >= 11 is 0. The predicted octanol–water partition coefficient (Wildman–Crippen LogP) is 3.29. The lowest BCUT2D eigenvalue weighted by Crippen LogP contribution is -2.42. The summed E-state index contributed by atoms with van der Waals surface area (Å²) in [6.07, 6.45) is 1.31. The van der Waals surface area contributed by atoms with E-state index in [1.165, 1.54) is 6.07 Å². The number of hydrogen-bond acceptors (Lipinski definition) is 5. The SMILES string of the molecule is O=C(c1ccccc1)C1CCN(C(=O)COc2ccc3ccc(=O)oc3c2)CC1.